The third kappa shape index (κ3) is 3.38. The average Bonchev–Trinajstić information content (AvgIpc) is 2.82. The Morgan fingerprint density at radius 2 is 2.16 bits per heavy atom. The van der Waals surface area contributed by atoms with E-state index in [0.29, 0.717) is 12.3 Å². The van der Waals surface area contributed by atoms with Gasteiger partial charge in [-0.1, -0.05) is 40.3 Å². The number of hydrogen-bond donors (Lipinski definition) is 1. The number of rotatable bonds is 4. The second-order valence-corrected chi connectivity index (χ2v) is 6.36. The van der Waals surface area contributed by atoms with E-state index in [2.05, 4.69) is 39.4 Å². The molecule has 0 aliphatic carbocycles. The Labute approximate surface area is 124 Å². The smallest absolute Gasteiger partial charge is 0.124 e. The molecule has 0 spiro atoms. The summed E-state index contributed by atoms with van der Waals surface area (Å²) in [6.45, 7) is 4.14. The fourth-order valence-corrected chi connectivity index (χ4v) is 3.20. The van der Waals surface area contributed by atoms with Crippen LogP contribution in [0.1, 0.15) is 41.9 Å². The normalized spacial score (nSPS) is 12.9. The van der Waals surface area contributed by atoms with Crippen molar-refractivity contribution in [3.05, 3.63) is 44.6 Å². The molecule has 2 aromatic rings. The van der Waals surface area contributed by atoms with Crippen LogP contribution in [0.15, 0.2) is 22.7 Å². The second kappa shape index (κ2) is 6.07. The Kier molecular flexibility index (Phi) is 4.65. The quantitative estimate of drug-likeness (QED) is 0.918. The predicted octanol–water partition coefficient (Wildman–Crippen LogP) is 3.81. The molecule has 0 saturated heterocycles. The van der Waals surface area contributed by atoms with Gasteiger partial charge in [-0.25, -0.2) is 4.39 Å². The van der Waals surface area contributed by atoms with Crippen molar-refractivity contribution in [3.8, 4) is 0 Å². The molecule has 3 nitrogen and oxygen atoms in total. The summed E-state index contributed by atoms with van der Waals surface area (Å²) in [6.07, 6.45) is 0.629. The lowest BCUT2D eigenvalue weighted by atomic mass is 10.0. The van der Waals surface area contributed by atoms with Crippen molar-refractivity contribution in [1.29, 1.82) is 0 Å². The summed E-state index contributed by atoms with van der Waals surface area (Å²) in [6, 6.07) is 4.49. The van der Waals surface area contributed by atoms with Crippen LogP contribution < -0.4 is 5.73 Å². The zero-order valence-electron chi connectivity index (χ0n) is 10.7. The SMILES string of the molecule is CC(C)c1nnsc1C(N)Cc1ccc(F)cc1Br. The van der Waals surface area contributed by atoms with Crippen LogP contribution in [-0.2, 0) is 6.42 Å². The van der Waals surface area contributed by atoms with Crippen LogP contribution in [0.5, 0.6) is 0 Å². The first-order valence-electron chi connectivity index (χ1n) is 6.00. The summed E-state index contributed by atoms with van der Waals surface area (Å²) in [4.78, 5) is 1.01. The molecule has 0 bridgehead atoms. The summed E-state index contributed by atoms with van der Waals surface area (Å²) in [7, 11) is 0. The van der Waals surface area contributed by atoms with E-state index in [1.54, 1.807) is 6.07 Å². The number of hydrogen-bond acceptors (Lipinski definition) is 4. The molecule has 19 heavy (non-hydrogen) atoms. The Morgan fingerprint density at radius 3 is 2.79 bits per heavy atom. The van der Waals surface area contributed by atoms with Crippen molar-refractivity contribution >= 4 is 27.5 Å². The van der Waals surface area contributed by atoms with E-state index in [0.717, 1.165) is 20.6 Å². The Morgan fingerprint density at radius 1 is 1.42 bits per heavy atom. The van der Waals surface area contributed by atoms with Crippen LogP contribution in [-0.4, -0.2) is 9.59 Å². The first-order chi connectivity index (χ1) is 8.99. The fraction of sp³-hybridized carbons (Fsp3) is 0.385. The summed E-state index contributed by atoms with van der Waals surface area (Å²) < 4.78 is 17.8. The van der Waals surface area contributed by atoms with Gasteiger partial charge in [-0.05, 0) is 41.6 Å². The van der Waals surface area contributed by atoms with Crippen molar-refractivity contribution in [3.63, 3.8) is 0 Å². The van der Waals surface area contributed by atoms with Crippen LogP contribution in [0.25, 0.3) is 0 Å². The Hall–Kier alpha value is -0.850. The molecule has 0 amide bonds. The highest BCUT2D eigenvalue weighted by Gasteiger charge is 2.19. The van der Waals surface area contributed by atoms with Gasteiger partial charge in [0.25, 0.3) is 0 Å². The van der Waals surface area contributed by atoms with E-state index in [1.165, 1.54) is 23.7 Å². The van der Waals surface area contributed by atoms with Crippen molar-refractivity contribution in [1.82, 2.24) is 9.59 Å². The first-order valence-corrected chi connectivity index (χ1v) is 7.57. The summed E-state index contributed by atoms with van der Waals surface area (Å²) in [5, 5.41) is 4.13. The van der Waals surface area contributed by atoms with Gasteiger partial charge in [0.05, 0.1) is 10.6 Å². The molecule has 0 radical (unpaired) electrons. The Bertz CT molecular complexity index is 571. The molecule has 1 aromatic heterocycles. The minimum atomic E-state index is -0.258. The van der Waals surface area contributed by atoms with Crippen LogP contribution in [0.4, 0.5) is 4.39 Å². The van der Waals surface area contributed by atoms with Crippen LogP contribution in [0, 0.1) is 5.82 Å². The van der Waals surface area contributed by atoms with Crippen LogP contribution in [0.3, 0.4) is 0 Å². The highest BCUT2D eigenvalue weighted by atomic mass is 79.9. The molecule has 2 rings (SSSR count). The van der Waals surface area contributed by atoms with Gasteiger partial charge in [0.1, 0.15) is 5.82 Å². The first kappa shape index (κ1) is 14.6. The van der Waals surface area contributed by atoms with Crippen molar-refractivity contribution in [2.24, 2.45) is 5.73 Å². The second-order valence-electron chi connectivity index (χ2n) is 4.72. The monoisotopic (exact) mass is 343 g/mol. The van der Waals surface area contributed by atoms with Gasteiger partial charge >= 0.3 is 0 Å². The molecule has 1 heterocycles. The third-order valence-corrected chi connectivity index (χ3v) is 4.49. The van der Waals surface area contributed by atoms with Crippen molar-refractivity contribution < 1.29 is 4.39 Å². The maximum atomic E-state index is 13.0. The lowest BCUT2D eigenvalue weighted by molar-refractivity contribution is 0.624. The minimum Gasteiger partial charge on any atom is -0.323 e. The van der Waals surface area contributed by atoms with Gasteiger partial charge in [-0.3, -0.25) is 0 Å². The standard InChI is InChI=1S/C13H15BrFN3S/c1-7(2)12-13(19-18-17-12)11(16)5-8-3-4-9(15)6-10(8)14/h3-4,6-7,11H,5,16H2,1-2H3. The fourth-order valence-electron chi connectivity index (χ4n) is 1.88. The van der Waals surface area contributed by atoms with Crippen molar-refractivity contribution in [2.45, 2.75) is 32.2 Å². The van der Waals surface area contributed by atoms with Crippen LogP contribution in [0.2, 0.25) is 0 Å². The van der Waals surface area contributed by atoms with Crippen LogP contribution >= 0.6 is 27.5 Å². The van der Waals surface area contributed by atoms with E-state index < -0.39 is 0 Å². The van der Waals surface area contributed by atoms with Gasteiger partial charge < -0.3 is 5.73 Å². The molecule has 0 aliphatic rings. The number of aromatic nitrogens is 2. The molecule has 1 aromatic carbocycles. The maximum absolute atomic E-state index is 13.0. The van der Waals surface area contributed by atoms with Gasteiger partial charge in [0, 0.05) is 10.5 Å². The molecule has 2 N–H and O–H groups in total. The summed E-state index contributed by atoms with van der Waals surface area (Å²) >= 11 is 4.70. The number of halogens is 2. The van der Waals surface area contributed by atoms with Crippen molar-refractivity contribution in [2.75, 3.05) is 0 Å². The number of nitrogens with two attached hydrogens (primary N) is 1. The van der Waals surface area contributed by atoms with E-state index in [1.807, 2.05) is 0 Å². The van der Waals surface area contributed by atoms with Gasteiger partial charge in [0.15, 0.2) is 0 Å². The van der Waals surface area contributed by atoms with E-state index in [4.69, 9.17) is 5.73 Å². The zero-order chi connectivity index (χ0) is 14.0. The third-order valence-electron chi connectivity index (χ3n) is 2.88. The molecule has 0 saturated carbocycles. The lowest BCUT2D eigenvalue weighted by Gasteiger charge is -2.13. The zero-order valence-corrected chi connectivity index (χ0v) is 13.1. The molecule has 102 valence electrons. The maximum Gasteiger partial charge on any atom is 0.124 e. The summed E-state index contributed by atoms with van der Waals surface area (Å²) in [5.74, 6) is 0.0444. The predicted molar refractivity (Wildman–Crippen MR) is 78.7 cm³/mol. The summed E-state index contributed by atoms with van der Waals surface area (Å²) in [5.41, 5.74) is 8.17. The number of nitrogens with zero attached hydrogens (tertiary/aromatic N) is 2. The molecular formula is C13H15BrFN3S. The molecule has 1 atom stereocenters. The van der Waals surface area contributed by atoms with E-state index in [-0.39, 0.29) is 11.9 Å². The Balaban J connectivity index is 2.21. The highest BCUT2D eigenvalue weighted by molar-refractivity contribution is 9.10. The molecular weight excluding hydrogens is 329 g/mol. The lowest BCUT2D eigenvalue weighted by Crippen LogP contribution is -2.14. The molecule has 0 aliphatic heterocycles. The van der Waals surface area contributed by atoms with Gasteiger partial charge in [-0.2, -0.15) is 0 Å². The number of benzene rings is 1. The highest BCUT2D eigenvalue weighted by Crippen LogP contribution is 2.29. The molecule has 6 heteroatoms. The molecule has 0 fully saturated rings. The average molecular weight is 344 g/mol. The largest absolute Gasteiger partial charge is 0.323 e. The van der Waals surface area contributed by atoms with Gasteiger partial charge in [-0.15, -0.1) is 5.10 Å². The van der Waals surface area contributed by atoms with Gasteiger partial charge in [0.2, 0.25) is 0 Å². The topological polar surface area (TPSA) is 51.8 Å². The van der Waals surface area contributed by atoms with E-state index >= 15 is 0 Å². The van der Waals surface area contributed by atoms with E-state index in [9.17, 15) is 4.39 Å². The minimum absolute atomic E-state index is 0.167. The molecule has 1 unspecified atom stereocenters.